The normalized spacial score (nSPS) is 47.9. The average molecular weight is 401 g/mol. The molecule has 0 unspecified atom stereocenters. The molecule has 29 heavy (non-hydrogen) atoms. The van der Waals surface area contributed by atoms with E-state index in [9.17, 15) is 5.11 Å². The van der Waals surface area contributed by atoms with Gasteiger partial charge in [-0.05, 0) is 97.2 Å². The van der Waals surface area contributed by atoms with Crippen molar-refractivity contribution in [2.24, 2.45) is 45.8 Å². The number of aliphatic hydroxyl groups excluding tert-OH is 1. The molecule has 0 heterocycles. The van der Waals surface area contributed by atoms with Gasteiger partial charge < -0.3 is 5.11 Å². The highest BCUT2D eigenvalue weighted by Gasteiger charge is 2.63. The number of allylic oxidation sites excluding steroid dienone is 1. The van der Waals surface area contributed by atoms with E-state index in [2.05, 4.69) is 47.6 Å². The van der Waals surface area contributed by atoms with Crippen molar-refractivity contribution in [3.63, 3.8) is 0 Å². The highest BCUT2D eigenvalue weighted by molar-refractivity contribution is 5.26. The van der Waals surface area contributed by atoms with Crippen LogP contribution >= 0.6 is 0 Å². The summed E-state index contributed by atoms with van der Waals surface area (Å²) in [6.07, 6.45) is 17.0. The van der Waals surface area contributed by atoms with Gasteiger partial charge in [0.05, 0.1) is 6.10 Å². The molecule has 8 atom stereocenters. The van der Waals surface area contributed by atoms with Gasteiger partial charge >= 0.3 is 0 Å². The summed E-state index contributed by atoms with van der Waals surface area (Å²) < 4.78 is 0. The zero-order chi connectivity index (χ0) is 21.0. The van der Waals surface area contributed by atoms with Crippen molar-refractivity contribution in [3.8, 4) is 0 Å². The van der Waals surface area contributed by atoms with Crippen molar-refractivity contribution < 1.29 is 5.11 Å². The Morgan fingerprint density at radius 1 is 0.966 bits per heavy atom. The first-order valence-corrected chi connectivity index (χ1v) is 13.0. The van der Waals surface area contributed by atoms with Crippen LogP contribution in [0.5, 0.6) is 0 Å². The fourth-order valence-electron chi connectivity index (χ4n) is 8.90. The van der Waals surface area contributed by atoms with Gasteiger partial charge in [0.1, 0.15) is 0 Å². The Morgan fingerprint density at radius 2 is 1.69 bits per heavy atom. The van der Waals surface area contributed by atoms with Crippen LogP contribution in [-0.4, -0.2) is 11.2 Å². The van der Waals surface area contributed by atoms with Crippen LogP contribution in [0.25, 0.3) is 0 Å². The molecule has 4 aliphatic rings. The van der Waals surface area contributed by atoms with Gasteiger partial charge in [0.15, 0.2) is 0 Å². The highest BCUT2D eigenvalue weighted by atomic mass is 16.3. The van der Waals surface area contributed by atoms with Gasteiger partial charge in [-0.25, -0.2) is 0 Å². The van der Waals surface area contributed by atoms with Crippen molar-refractivity contribution >= 4 is 0 Å². The molecule has 0 bridgehead atoms. The summed E-state index contributed by atoms with van der Waals surface area (Å²) in [6.45, 7) is 15.3. The zero-order valence-corrected chi connectivity index (χ0v) is 20.3. The fraction of sp³-hybridized carbons (Fsp3) is 0.929. The average Bonchev–Trinajstić information content (AvgIpc) is 2.94. The second kappa shape index (κ2) is 7.68. The van der Waals surface area contributed by atoms with Crippen LogP contribution in [0.4, 0.5) is 0 Å². The van der Waals surface area contributed by atoms with Crippen LogP contribution in [0, 0.1) is 45.8 Å². The quantitative estimate of drug-likeness (QED) is 0.467. The van der Waals surface area contributed by atoms with E-state index in [1.54, 1.807) is 5.57 Å². The van der Waals surface area contributed by atoms with E-state index in [4.69, 9.17) is 0 Å². The van der Waals surface area contributed by atoms with Gasteiger partial charge in [-0.2, -0.15) is 0 Å². The molecule has 0 amide bonds. The summed E-state index contributed by atoms with van der Waals surface area (Å²) in [4.78, 5) is 0. The molecule has 0 radical (unpaired) electrons. The molecule has 1 heteroatoms. The summed E-state index contributed by atoms with van der Waals surface area (Å²) >= 11 is 0. The lowest BCUT2D eigenvalue weighted by atomic mass is 9.44. The van der Waals surface area contributed by atoms with Crippen LogP contribution < -0.4 is 0 Å². The topological polar surface area (TPSA) is 20.2 Å². The van der Waals surface area contributed by atoms with E-state index in [1.807, 2.05) is 0 Å². The Bertz CT molecular complexity index is 634. The summed E-state index contributed by atoms with van der Waals surface area (Å²) in [6, 6.07) is 0. The molecule has 166 valence electrons. The summed E-state index contributed by atoms with van der Waals surface area (Å²) in [5.41, 5.74) is 3.05. The SMILES string of the molecule is CC(C)CCC[C@@H](C)[C@@]1(C)CC[C@H]2[C@@H]3CC=C4C[C@@H](O)CC[C@]4(C)[C@H]3CC[C@@]21C. The smallest absolute Gasteiger partial charge is 0.0577 e. The van der Waals surface area contributed by atoms with Crippen molar-refractivity contribution in [2.75, 3.05) is 0 Å². The molecule has 1 N–H and O–H groups in total. The minimum Gasteiger partial charge on any atom is -0.393 e. The summed E-state index contributed by atoms with van der Waals surface area (Å²) in [5.74, 6) is 4.37. The van der Waals surface area contributed by atoms with E-state index in [0.717, 1.165) is 42.4 Å². The van der Waals surface area contributed by atoms with Crippen molar-refractivity contribution in [2.45, 2.75) is 118 Å². The third-order valence-corrected chi connectivity index (χ3v) is 11.3. The third-order valence-electron chi connectivity index (χ3n) is 11.3. The lowest BCUT2D eigenvalue weighted by molar-refractivity contribution is -0.0889. The van der Waals surface area contributed by atoms with E-state index in [0.29, 0.717) is 16.2 Å². The first-order valence-electron chi connectivity index (χ1n) is 13.0. The van der Waals surface area contributed by atoms with Crippen LogP contribution in [0.3, 0.4) is 0 Å². The Balaban J connectivity index is 1.54. The van der Waals surface area contributed by atoms with Gasteiger partial charge in [-0.3, -0.25) is 0 Å². The van der Waals surface area contributed by atoms with E-state index < -0.39 is 0 Å². The minimum atomic E-state index is -0.0822. The first-order chi connectivity index (χ1) is 13.6. The monoisotopic (exact) mass is 400 g/mol. The molecule has 4 rings (SSSR count). The molecule has 0 spiro atoms. The van der Waals surface area contributed by atoms with E-state index in [1.165, 1.54) is 57.8 Å². The number of hydrogen-bond acceptors (Lipinski definition) is 1. The number of hydrogen-bond donors (Lipinski definition) is 1. The van der Waals surface area contributed by atoms with Crippen LogP contribution in [-0.2, 0) is 0 Å². The number of aliphatic hydroxyl groups is 1. The fourth-order valence-corrected chi connectivity index (χ4v) is 8.90. The number of fused-ring (bicyclic) bond motifs is 5. The van der Waals surface area contributed by atoms with Crippen molar-refractivity contribution in [1.29, 1.82) is 0 Å². The summed E-state index contributed by atoms with van der Waals surface area (Å²) in [5, 5.41) is 10.2. The van der Waals surface area contributed by atoms with Crippen molar-refractivity contribution in [3.05, 3.63) is 11.6 Å². The van der Waals surface area contributed by atoms with Crippen LogP contribution in [0.1, 0.15) is 112 Å². The molecule has 3 saturated carbocycles. The van der Waals surface area contributed by atoms with Crippen molar-refractivity contribution in [1.82, 2.24) is 0 Å². The molecule has 1 nitrogen and oxygen atoms in total. The van der Waals surface area contributed by atoms with Crippen LogP contribution in [0.15, 0.2) is 11.6 Å². The van der Waals surface area contributed by atoms with Gasteiger partial charge in [-0.15, -0.1) is 0 Å². The Hall–Kier alpha value is -0.300. The van der Waals surface area contributed by atoms with E-state index in [-0.39, 0.29) is 6.10 Å². The maximum Gasteiger partial charge on any atom is 0.0577 e. The molecule has 0 aromatic carbocycles. The highest BCUT2D eigenvalue weighted by Crippen LogP contribution is 2.71. The lowest BCUT2D eigenvalue weighted by Crippen LogP contribution is -2.53. The minimum absolute atomic E-state index is 0.0822. The third kappa shape index (κ3) is 3.37. The van der Waals surface area contributed by atoms with Gasteiger partial charge in [-0.1, -0.05) is 72.5 Å². The molecule has 4 aliphatic carbocycles. The standard InChI is InChI=1S/C28H48O/c1-19(2)8-7-9-20(3)27(5)16-14-25-23-11-10-21-18-22(29)12-15-26(21,4)24(23)13-17-28(25,27)6/h10,19-20,22-25,29H,7-9,11-18H2,1-6H3/t20-,22+,23-,24+,25+,26+,27-,28+/m1/s1. The Kier molecular flexibility index (Phi) is 5.81. The van der Waals surface area contributed by atoms with E-state index >= 15 is 0 Å². The Morgan fingerprint density at radius 3 is 2.41 bits per heavy atom. The van der Waals surface area contributed by atoms with Gasteiger partial charge in [0.25, 0.3) is 0 Å². The maximum absolute atomic E-state index is 10.2. The maximum atomic E-state index is 10.2. The Labute approximate surface area is 181 Å². The second-order valence-electron chi connectivity index (χ2n) is 12.8. The molecular formula is C28H48O. The molecule has 0 saturated heterocycles. The molecule has 0 aliphatic heterocycles. The van der Waals surface area contributed by atoms with Gasteiger partial charge in [0.2, 0.25) is 0 Å². The number of rotatable bonds is 5. The largest absolute Gasteiger partial charge is 0.393 e. The predicted molar refractivity (Wildman–Crippen MR) is 124 cm³/mol. The zero-order valence-electron chi connectivity index (χ0n) is 20.3. The molecule has 3 fully saturated rings. The summed E-state index contributed by atoms with van der Waals surface area (Å²) in [7, 11) is 0. The van der Waals surface area contributed by atoms with Crippen LogP contribution in [0.2, 0.25) is 0 Å². The molecular weight excluding hydrogens is 352 g/mol. The second-order valence-corrected chi connectivity index (χ2v) is 12.8. The molecule has 0 aromatic heterocycles. The molecule has 0 aromatic rings. The van der Waals surface area contributed by atoms with Gasteiger partial charge in [0, 0.05) is 0 Å². The predicted octanol–water partition coefficient (Wildman–Crippen LogP) is 7.78. The lowest BCUT2D eigenvalue weighted by Gasteiger charge is -2.60. The first kappa shape index (κ1) is 21.9.